The number of hydrogen-bond acceptors (Lipinski definition) is 4. The number of hydrogen-bond donors (Lipinski definition) is 3. The third-order valence-corrected chi connectivity index (χ3v) is 2.29. The number of carbonyl (C=O) groups excluding carboxylic acids is 1. The van der Waals surface area contributed by atoms with Crippen molar-refractivity contribution < 1.29 is 19.7 Å². The van der Waals surface area contributed by atoms with Crippen molar-refractivity contribution in [2.75, 3.05) is 19.8 Å². The van der Waals surface area contributed by atoms with Gasteiger partial charge in [-0.1, -0.05) is 0 Å². The zero-order valence-electron chi connectivity index (χ0n) is 8.27. The molecular formula is C9H17NO4. The van der Waals surface area contributed by atoms with Gasteiger partial charge in [0.15, 0.2) is 0 Å². The Balaban J connectivity index is 2.22. The predicted molar refractivity (Wildman–Crippen MR) is 49.6 cm³/mol. The fourth-order valence-electron chi connectivity index (χ4n) is 1.43. The van der Waals surface area contributed by atoms with E-state index in [1.807, 2.05) is 6.92 Å². The zero-order chi connectivity index (χ0) is 10.6. The maximum atomic E-state index is 11.4. The van der Waals surface area contributed by atoms with Gasteiger partial charge in [0.25, 0.3) is 0 Å². The van der Waals surface area contributed by atoms with E-state index >= 15 is 0 Å². The van der Waals surface area contributed by atoms with Gasteiger partial charge in [-0.3, -0.25) is 4.79 Å². The van der Waals surface area contributed by atoms with Crippen LogP contribution < -0.4 is 5.32 Å². The molecule has 3 N–H and O–H groups in total. The van der Waals surface area contributed by atoms with Crippen LogP contribution in [0.15, 0.2) is 0 Å². The molecule has 3 atom stereocenters. The van der Waals surface area contributed by atoms with Crippen LogP contribution >= 0.6 is 0 Å². The molecule has 3 unspecified atom stereocenters. The number of aliphatic hydroxyl groups excluding tert-OH is 2. The first-order valence-corrected chi connectivity index (χ1v) is 4.81. The van der Waals surface area contributed by atoms with E-state index in [-0.39, 0.29) is 31.1 Å². The third kappa shape index (κ3) is 3.25. The minimum atomic E-state index is -0.876. The van der Waals surface area contributed by atoms with Crippen LogP contribution in [0.25, 0.3) is 0 Å². The lowest BCUT2D eigenvalue weighted by molar-refractivity contribution is -0.125. The lowest BCUT2D eigenvalue weighted by Gasteiger charge is -2.11. The molecular weight excluding hydrogens is 186 g/mol. The second-order valence-corrected chi connectivity index (χ2v) is 3.66. The zero-order valence-corrected chi connectivity index (χ0v) is 8.27. The monoisotopic (exact) mass is 203 g/mol. The SMILES string of the molecule is CC1CC(C(=O)NCC(O)CO)CO1. The molecule has 1 rings (SSSR count). The highest BCUT2D eigenvalue weighted by atomic mass is 16.5. The van der Waals surface area contributed by atoms with Crippen molar-refractivity contribution in [1.29, 1.82) is 0 Å². The Hall–Kier alpha value is -0.650. The average Bonchev–Trinajstić information content (AvgIpc) is 2.60. The Morgan fingerprint density at radius 2 is 2.43 bits per heavy atom. The topological polar surface area (TPSA) is 78.8 Å². The summed E-state index contributed by atoms with van der Waals surface area (Å²) in [6.45, 7) is 2.14. The van der Waals surface area contributed by atoms with E-state index < -0.39 is 6.10 Å². The van der Waals surface area contributed by atoms with E-state index in [1.165, 1.54) is 0 Å². The van der Waals surface area contributed by atoms with Gasteiger partial charge in [-0.25, -0.2) is 0 Å². The molecule has 1 aliphatic heterocycles. The summed E-state index contributed by atoms with van der Waals surface area (Å²) in [6, 6.07) is 0. The second-order valence-electron chi connectivity index (χ2n) is 3.66. The Kier molecular flexibility index (Phi) is 4.31. The van der Waals surface area contributed by atoms with Crippen molar-refractivity contribution in [1.82, 2.24) is 5.32 Å². The average molecular weight is 203 g/mol. The van der Waals surface area contributed by atoms with Crippen LogP contribution in [0.3, 0.4) is 0 Å². The smallest absolute Gasteiger partial charge is 0.225 e. The van der Waals surface area contributed by atoms with Gasteiger partial charge in [-0.05, 0) is 13.3 Å². The van der Waals surface area contributed by atoms with Crippen LogP contribution in [0, 0.1) is 5.92 Å². The van der Waals surface area contributed by atoms with E-state index in [0.29, 0.717) is 6.61 Å². The molecule has 1 fully saturated rings. The molecule has 0 bridgehead atoms. The van der Waals surface area contributed by atoms with Crippen molar-refractivity contribution in [2.45, 2.75) is 25.6 Å². The molecule has 14 heavy (non-hydrogen) atoms. The van der Waals surface area contributed by atoms with E-state index in [9.17, 15) is 4.79 Å². The van der Waals surface area contributed by atoms with Gasteiger partial charge in [0, 0.05) is 6.54 Å². The molecule has 0 aromatic carbocycles. The van der Waals surface area contributed by atoms with Crippen LogP contribution in [-0.2, 0) is 9.53 Å². The lowest BCUT2D eigenvalue weighted by atomic mass is 10.1. The van der Waals surface area contributed by atoms with Gasteiger partial charge in [-0.2, -0.15) is 0 Å². The molecule has 82 valence electrons. The normalized spacial score (nSPS) is 28.8. The Morgan fingerprint density at radius 1 is 1.71 bits per heavy atom. The van der Waals surface area contributed by atoms with E-state index in [4.69, 9.17) is 14.9 Å². The maximum Gasteiger partial charge on any atom is 0.225 e. The number of nitrogens with one attached hydrogen (secondary N) is 1. The Bertz CT molecular complexity index is 197. The van der Waals surface area contributed by atoms with Crippen LogP contribution in [0.5, 0.6) is 0 Å². The van der Waals surface area contributed by atoms with Crippen molar-refractivity contribution in [2.24, 2.45) is 5.92 Å². The third-order valence-electron chi connectivity index (χ3n) is 2.29. The van der Waals surface area contributed by atoms with Crippen molar-refractivity contribution in [3.05, 3.63) is 0 Å². The van der Waals surface area contributed by atoms with Crippen LogP contribution in [0.1, 0.15) is 13.3 Å². The maximum absolute atomic E-state index is 11.4. The fourth-order valence-corrected chi connectivity index (χ4v) is 1.43. The molecule has 0 saturated carbocycles. The Labute approximate surface area is 83.1 Å². The molecule has 1 saturated heterocycles. The van der Waals surface area contributed by atoms with Crippen molar-refractivity contribution >= 4 is 5.91 Å². The fraction of sp³-hybridized carbons (Fsp3) is 0.889. The number of aliphatic hydroxyl groups is 2. The largest absolute Gasteiger partial charge is 0.394 e. The molecule has 1 heterocycles. The molecule has 0 aromatic heterocycles. The number of rotatable bonds is 4. The summed E-state index contributed by atoms with van der Waals surface area (Å²) in [6.07, 6.45) is -0.0201. The van der Waals surface area contributed by atoms with Crippen LogP contribution in [0.4, 0.5) is 0 Å². The van der Waals surface area contributed by atoms with Crippen LogP contribution in [-0.4, -0.2) is 48.1 Å². The Morgan fingerprint density at radius 3 is 2.93 bits per heavy atom. The summed E-state index contributed by atoms with van der Waals surface area (Å²) in [5.41, 5.74) is 0. The summed E-state index contributed by atoms with van der Waals surface area (Å²) >= 11 is 0. The molecule has 0 radical (unpaired) electrons. The van der Waals surface area contributed by atoms with Crippen molar-refractivity contribution in [3.8, 4) is 0 Å². The predicted octanol–water partition coefficient (Wildman–Crippen LogP) is -1.12. The van der Waals surface area contributed by atoms with Gasteiger partial charge in [0.1, 0.15) is 0 Å². The summed E-state index contributed by atoms with van der Waals surface area (Å²) < 4.78 is 5.25. The molecule has 5 nitrogen and oxygen atoms in total. The molecule has 1 aliphatic rings. The van der Waals surface area contributed by atoms with Gasteiger partial charge in [-0.15, -0.1) is 0 Å². The lowest BCUT2D eigenvalue weighted by Crippen LogP contribution is -2.37. The summed E-state index contributed by atoms with van der Waals surface area (Å²) in [4.78, 5) is 11.4. The van der Waals surface area contributed by atoms with E-state index in [1.54, 1.807) is 0 Å². The minimum absolute atomic E-state index is 0.0974. The van der Waals surface area contributed by atoms with Gasteiger partial charge in [0.05, 0.1) is 31.3 Å². The first-order valence-electron chi connectivity index (χ1n) is 4.81. The summed E-state index contributed by atoms with van der Waals surface area (Å²) in [5.74, 6) is -0.224. The van der Waals surface area contributed by atoms with Gasteiger partial charge < -0.3 is 20.3 Å². The highest BCUT2D eigenvalue weighted by Gasteiger charge is 2.28. The molecule has 0 spiro atoms. The number of amides is 1. The second kappa shape index (κ2) is 5.29. The van der Waals surface area contributed by atoms with E-state index in [2.05, 4.69) is 5.32 Å². The molecule has 0 aromatic rings. The van der Waals surface area contributed by atoms with Gasteiger partial charge >= 0.3 is 0 Å². The first-order chi connectivity index (χ1) is 6.63. The first kappa shape index (κ1) is 11.4. The van der Waals surface area contributed by atoms with E-state index in [0.717, 1.165) is 6.42 Å². The number of carbonyl (C=O) groups is 1. The summed E-state index contributed by atoms with van der Waals surface area (Å²) in [7, 11) is 0. The molecule has 0 aliphatic carbocycles. The summed E-state index contributed by atoms with van der Waals surface area (Å²) in [5, 5.41) is 20.1. The number of ether oxygens (including phenoxy) is 1. The van der Waals surface area contributed by atoms with Crippen molar-refractivity contribution in [3.63, 3.8) is 0 Å². The highest BCUT2D eigenvalue weighted by molar-refractivity contribution is 5.79. The molecule has 5 heteroatoms. The quantitative estimate of drug-likeness (QED) is 0.541. The molecule has 1 amide bonds. The van der Waals surface area contributed by atoms with Gasteiger partial charge in [0.2, 0.25) is 5.91 Å². The highest BCUT2D eigenvalue weighted by Crippen LogP contribution is 2.18. The minimum Gasteiger partial charge on any atom is -0.394 e. The van der Waals surface area contributed by atoms with Crippen LogP contribution in [0.2, 0.25) is 0 Å². The standard InChI is InChI=1S/C9H17NO4/c1-6-2-7(5-14-6)9(13)10-3-8(12)4-11/h6-8,11-12H,2-5H2,1H3,(H,10,13).